The molecule has 10 heteroatoms. The molecular formula is C17H16F3N3O4. The van der Waals surface area contributed by atoms with Crippen LogP contribution in [0.25, 0.3) is 5.69 Å². The Morgan fingerprint density at radius 1 is 1.26 bits per heavy atom. The highest BCUT2D eigenvalue weighted by Crippen LogP contribution is 2.33. The van der Waals surface area contributed by atoms with Crippen LogP contribution < -0.4 is 0 Å². The number of nitrogens with zero attached hydrogens (tertiary/aromatic N) is 3. The van der Waals surface area contributed by atoms with Crippen molar-refractivity contribution < 1.29 is 32.6 Å². The van der Waals surface area contributed by atoms with Crippen molar-refractivity contribution in [2.24, 2.45) is 0 Å². The predicted octanol–water partition coefficient (Wildman–Crippen LogP) is 2.45. The minimum absolute atomic E-state index is 0.00159. The van der Waals surface area contributed by atoms with Gasteiger partial charge in [0.15, 0.2) is 5.69 Å². The maximum absolute atomic E-state index is 13.3. The number of amides is 1. The topological polar surface area (TPSA) is 84.7 Å². The third kappa shape index (κ3) is 3.80. The van der Waals surface area contributed by atoms with Gasteiger partial charge in [-0.2, -0.15) is 18.3 Å². The molecule has 2 aromatic rings. The van der Waals surface area contributed by atoms with Gasteiger partial charge in [-0.25, -0.2) is 9.48 Å². The minimum Gasteiger partial charge on any atom is -0.478 e. The number of morpholine rings is 1. The summed E-state index contributed by atoms with van der Waals surface area (Å²) in [7, 11) is 0. The zero-order chi connectivity index (χ0) is 19.8. The Bertz CT molecular complexity index is 861. The number of carboxylic acid groups (broad SMARTS) is 1. The number of carbonyl (C=O) groups is 2. The van der Waals surface area contributed by atoms with E-state index in [0.717, 1.165) is 0 Å². The summed E-state index contributed by atoms with van der Waals surface area (Å²) in [5, 5.41) is 12.5. The zero-order valence-electron chi connectivity index (χ0n) is 14.2. The van der Waals surface area contributed by atoms with Crippen molar-refractivity contribution in [3.8, 4) is 5.69 Å². The molecule has 1 saturated heterocycles. The Labute approximate surface area is 151 Å². The van der Waals surface area contributed by atoms with Crippen LogP contribution in [-0.2, 0) is 10.9 Å². The summed E-state index contributed by atoms with van der Waals surface area (Å²) in [6.07, 6.45) is -4.34. The number of carboxylic acids is 1. The molecule has 0 aliphatic carbocycles. The van der Waals surface area contributed by atoms with Gasteiger partial charge in [-0.3, -0.25) is 4.79 Å². The van der Waals surface area contributed by atoms with Crippen molar-refractivity contribution >= 4 is 11.9 Å². The molecule has 0 radical (unpaired) electrons. The molecule has 144 valence electrons. The highest BCUT2D eigenvalue weighted by atomic mass is 19.4. The fraction of sp³-hybridized carbons (Fsp3) is 0.353. The first-order chi connectivity index (χ1) is 12.7. The molecule has 1 aromatic heterocycles. The van der Waals surface area contributed by atoms with Crippen molar-refractivity contribution in [1.82, 2.24) is 14.7 Å². The van der Waals surface area contributed by atoms with E-state index in [1.807, 2.05) is 6.92 Å². The number of hydrogen-bond donors (Lipinski definition) is 1. The lowest BCUT2D eigenvalue weighted by molar-refractivity contribution is -0.143. The second-order valence-electron chi connectivity index (χ2n) is 6.10. The standard InChI is InChI=1S/C17H16F3N3O4/c1-10-9-22(6-7-27-10)15(24)11-2-4-12(5-3-11)23-14(17(18,19)20)13(8-21-23)16(25)26/h2-5,8,10H,6-7,9H2,1H3,(H,25,26). The Morgan fingerprint density at radius 3 is 2.48 bits per heavy atom. The number of aromatic carboxylic acids is 1. The van der Waals surface area contributed by atoms with Crippen molar-refractivity contribution in [3.05, 3.63) is 47.3 Å². The molecule has 0 bridgehead atoms. The summed E-state index contributed by atoms with van der Waals surface area (Å²) >= 11 is 0. The van der Waals surface area contributed by atoms with Crippen molar-refractivity contribution in [3.63, 3.8) is 0 Å². The first-order valence-corrected chi connectivity index (χ1v) is 8.08. The van der Waals surface area contributed by atoms with E-state index in [4.69, 9.17) is 9.84 Å². The van der Waals surface area contributed by atoms with E-state index in [1.165, 1.54) is 24.3 Å². The lowest BCUT2D eigenvalue weighted by Crippen LogP contribution is -2.44. The van der Waals surface area contributed by atoms with Crippen LogP contribution in [0.4, 0.5) is 13.2 Å². The number of benzene rings is 1. The predicted molar refractivity (Wildman–Crippen MR) is 86.8 cm³/mol. The summed E-state index contributed by atoms with van der Waals surface area (Å²) in [6, 6.07) is 5.37. The highest BCUT2D eigenvalue weighted by Gasteiger charge is 2.40. The van der Waals surface area contributed by atoms with Gasteiger partial charge in [0.2, 0.25) is 0 Å². The number of ether oxygens (including phenoxy) is 1. The van der Waals surface area contributed by atoms with E-state index in [9.17, 15) is 22.8 Å². The number of alkyl halides is 3. The average molecular weight is 383 g/mol. The molecule has 1 fully saturated rings. The summed E-state index contributed by atoms with van der Waals surface area (Å²) in [4.78, 5) is 25.2. The maximum Gasteiger partial charge on any atom is 0.434 e. The van der Waals surface area contributed by atoms with Gasteiger partial charge in [-0.15, -0.1) is 0 Å². The van der Waals surface area contributed by atoms with Gasteiger partial charge in [0, 0.05) is 18.7 Å². The monoisotopic (exact) mass is 383 g/mol. The third-order valence-corrected chi connectivity index (χ3v) is 4.16. The first kappa shape index (κ1) is 18.9. The molecule has 2 heterocycles. The average Bonchev–Trinajstić information content (AvgIpc) is 3.07. The fourth-order valence-electron chi connectivity index (χ4n) is 2.90. The van der Waals surface area contributed by atoms with E-state index >= 15 is 0 Å². The Morgan fingerprint density at radius 2 is 1.93 bits per heavy atom. The van der Waals surface area contributed by atoms with Crippen LogP contribution in [0, 0.1) is 0 Å². The second-order valence-corrected chi connectivity index (χ2v) is 6.10. The molecule has 1 aliphatic rings. The first-order valence-electron chi connectivity index (χ1n) is 8.08. The third-order valence-electron chi connectivity index (χ3n) is 4.16. The zero-order valence-corrected chi connectivity index (χ0v) is 14.2. The molecule has 1 unspecified atom stereocenters. The van der Waals surface area contributed by atoms with E-state index in [1.54, 1.807) is 4.90 Å². The number of rotatable bonds is 3. The Balaban J connectivity index is 1.90. The summed E-state index contributed by atoms with van der Waals surface area (Å²) in [6.45, 7) is 3.13. The normalized spacial score (nSPS) is 17.8. The molecule has 3 rings (SSSR count). The fourth-order valence-corrected chi connectivity index (χ4v) is 2.90. The van der Waals surface area contributed by atoms with Crippen LogP contribution in [0.1, 0.15) is 33.3 Å². The molecule has 1 aromatic carbocycles. The van der Waals surface area contributed by atoms with Crippen LogP contribution in [0.5, 0.6) is 0 Å². The number of carbonyl (C=O) groups excluding carboxylic acids is 1. The molecule has 1 amide bonds. The molecule has 7 nitrogen and oxygen atoms in total. The highest BCUT2D eigenvalue weighted by molar-refractivity contribution is 5.94. The van der Waals surface area contributed by atoms with Gasteiger partial charge >= 0.3 is 12.1 Å². The van der Waals surface area contributed by atoms with Crippen LogP contribution >= 0.6 is 0 Å². The van der Waals surface area contributed by atoms with Gasteiger partial charge in [-0.1, -0.05) is 0 Å². The summed E-state index contributed by atoms with van der Waals surface area (Å²) < 4.78 is 45.7. The SMILES string of the molecule is CC1CN(C(=O)c2ccc(-n3ncc(C(=O)O)c3C(F)(F)F)cc2)CCO1. The van der Waals surface area contributed by atoms with Gasteiger partial charge < -0.3 is 14.7 Å². The van der Waals surface area contributed by atoms with Gasteiger partial charge in [0.25, 0.3) is 5.91 Å². The minimum atomic E-state index is -4.90. The van der Waals surface area contributed by atoms with Gasteiger partial charge in [0.1, 0.15) is 5.56 Å². The summed E-state index contributed by atoms with van der Waals surface area (Å²) in [5.41, 5.74) is -2.00. The van der Waals surface area contributed by atoms with Gasteiger partial charge in [-0.05, 0) is 31.2 Å². The quantitative estimate of drug-likeness (QED) is 0.880. The van der Waals surface area contributed by atoms with E-state index in [-0.39, 0.29) is 17.7 Å². The Hall–Kier alpha value is -2.88. The molecular weight excluding hydrogens is 367 g/mol. The van der Waals surface area contributed by atoms with E-state index < -0.39 is 23.4 Å². The van der Waals surface area contributed by atoms with Crippen LogP contribution in [0.3, 0.4) is 0 Å². The molecule has 1 atom stereocenters. The second kappa shape index (κ2) is 7.03. The smallest absolute Gasteiger partial charge is 0.434 e. The van der Waals surface area contributed by atoms with Gasteiger partial charge in [0.05, 0.1) is 24.6 Å². The molecule has 0 saturated carbocycles. The van der Waals surface area contributed by atoms with Crippen LogP contribution in [0.15, 0.2) is 30.5 Å². The van der Waals surface area contributed by atoms with E-state index in [0.29, 0.717) is 36.1 Å². The number of aromatic nitrogens is 2. The van der Waals surface area contributed by atoms with Crippen molar-refractivity contribution in [2.45, 2.75) is 19.2 Å². The number of halogens is 3. The summed E-state index contributed by atoms with van der Waals surface area (Å²) in [5.74, 6) is -1.97. The Kier molecular flexibility index (Phi) is 4.92. The van der Waals surface area contributed by atoms with Crippen molar-refractivity contribution in [2.75, 3.05) is 19.7 Å². The van der Waals surface area contributed by atoms with Crippen LogP contribution in [0.2, 0.25) is 0 Å². The molecule has 27 heavy (non-hydrogen) atoms. The van der Waals surface area contributed by atoms with Crippen LogP contribution in [-0.4, -0.2) is 57.5 Å². The van der Waals surface area contributed by atoms with Crippen molar-refractivity contribution in [1.29, 1.82) is 0 Å². The lowest BCUT2D eigenvalue weighted by atomic mass is 10.1. The van der Waals surface area contributed by atoms with E-state index in [2.05, 4.69) is 5.10 Å². The largest absolute Gasteiger partial charge is 0.478 e. The number of hydrogen-bond acceptors (Lipinski definition) is 4. The lowest BCUT2D eigenvalue weighted by Gasteiger charge is -2.31. The maximum atomic E-state index is 13.3. The molecule has 1 N–H and O–H groups in total. The molecule has 1 aliphatic heterocycles. The molecule has 0 spiro atoms.